The molecule has 2 aromatic heterocycles. The molecule has 1 saturated heterocycles. The Labute approximate surface area is 199 Å². The maximum absolute atomic E-state index is 13.6. The molecule has 3 aromatic rings. The number of amides is 4. The number of hydrogen-bond acceptors (Lipinski definition) is 6. The molecule has 3 aliphatic rings. The van der Waals surface area contributed by atoms with Crippen molar-refractivity contribution in [1.29, 1.82) is 0 Å². The van der Waals surface area contributed by atoms with E-state index in [0.29, 0.717) is 18.6 Å². The minimum Gasteiger partial charge on any atom is -0.467 e. The molecule has 0 saturated carbocycles. The molecule has 1 N–H and O–H groups in total. The number of carbonyl (C=O) groups excluding carboxylic acids is 3. The number of hydrazone groups is 1. The van der Waals surface area contributed by atoms with Crippen LogP contribution in [-0.4, -0.2) is 40.0 Å². The highest BCUT2D eigenvalue weighted by atomic mass is 32.1. The lowest BCUT2D eigenvalue weighted by Gasteiger charge is -2.33. The van der Waals surface area contributed by atoms with Crippen molar-refractivity contribution in [3.8, 4) is 0 Å². The summed E-state index contributed by atoms with van der Waals surface area (Å²) in [6.45, 7) is -0.382. The SMILES string of the molecule is O=C1N[C@@]2(CCCc3ccccc32)C(=O)N1CC(=O)N1N=C(c2cccs2)C[C@H]1c1ccco1. The minimum absolute atomic E-state index is 0.380. The van der Waals surface area contributed by atoms with E-state index in [2.05, 4.69) is 10.4 Å². The first-order valence-corrected chi connectivity index (χ1v) is 12.1. The summed E-state index contributed by atoms with van der Waals surface area (Å²) in [4.78, 5) is 42.0. The fraction of sp³-hybridized carbons (Fsp3) is 0.280. The molecule has 172 valence electrons. The Kier molecular flexibility index (Phi) is 4.88. The van der Waals surface area contributed by atoms with Gasteiger partial charge in [0.1, 0.15) is 23.9 Å². The molecule has 0 unspecified atom stereocenters. The van der Waals surface area contributed by atoms with Crippen LogP contribution in [-0.2, 0) is 21.5 Å². The normalized spacial score (nSPS) is 23.9. The molecular formula is C25H22N4O4S. The van der Waals surface area contributed by atoms with Crippen molar-refractivity contribution >= 4 is 34.9 Å². The number of benzene rings is 1. The highest BCUT2D eigenvalue weighted by Crippen LogP contribution is 2.40. The Hall–Kier alpha value is -3.72. The van der Waals surface area contributed by atoms with Crippen LogP contribution in [0.25, 0.3) is 0 Å². The molecule has 0 radical (unpaired) electrons. The van der Waals surface area contributed by atoms with Gasteiger partial charge in [0.15, 0.2) is 0 Å². The lowest BCUT2D eigenvalue weighted by atomic mass is 9.76. The number of carbonyl (C=O) groups is 3. The van der Waals surface area contributed by atoms with E-state index in [1.165, 1.54) is 5.01 Å². The van der Waals surface area contributed by atoms with Gasteiger partial charge in [-0.1, -0.05) is 30.3 Å². The predicted molar refractivity (Wildman–Crippen MR) is 125 cm³/mol. The minimum atomic E-state index is -1.11. The van der Waals surface area contributed by atoms with E-state index < -0.39 is 23.5 Å². The van der Waals surface area contributed by atoms with Crippen molar-refractivity contribution in [3.63, 3.8) is 0 Å². The lowest BCUT2D eigenvalue weighted by molar-refractivity contribution is -0.140. The van der Waals surface area contributed by atoms with Crippen LogP contribution < -0.4 is 5.32 Å². The average molecular weight is 475 g/mol. The summed E-state index contributed by atoms with van der Waals surface area (Å²) in [6.07, 6.45) is 4.21. The highest BCUT2D eigenvalue weighted by molar-refractivity contribution is 7.12. The van der Waals surface area contributed by atoms with Crippen molar-refractivity contribution < 1.29 is 18.8 Å². The average Bonchev–Trinajstić information content (AvgIpc) is 3.64. The van der Waals surface area contributed by atoms with E-state index in [9.17, 15) is 14.4 Å². The quantitative estimate of drug-likeness (QED) is 0.582. The number of hydrogen-bond donors (Lipinski definition) is 1. The molecule has 1 fully saturated rings. The Bertz CT molecular complexity index is 1300. The van der Waals surface area contributed by atoms with Crippen LogP contribution in [0.5, 0.6) is 0 Å². The number of thiophene rings is 1. The zero-order valence-corrected chi connectivity index (χ0v) is 19.1. The number of fused-ring (bicyclic) bond motifs is 2. The number of furan rings is 1. The highest BCUT2D eigenvalue weighted by Gasteiger charge is 2.54. The van der Waals surface area contributed by atoms with Crippen LogP contribution in [0.3, 0.4) is 0 Å². The first-order valence-electron chi connectivity index (χ1n) is 11.3. The molecular weight excluding hydrogens is 452 g/mol. The molecule has 4 heterocycles. The van der Waals surface area contributed by atoms with Crippen molar-refractivity contribution in [2.45, 2.75) is 37.3 Å². The lowest BCUT2D eigenvalue weighted by Crippen LogP contribution is -2.47. The Morgan fingerprint density at radius 2 is 2.06 bits per heavy atom. The second kappa shape index (κ2) is 7.95. The summed E-state index contributed by atoms with van der Waals surface area (Å²) < 4.78 is 5.58. The van der Waals surface area contributed by atoms with Gasteiger partial charge in [-0.25, -0.2) is 9.80 Å². The summed E-state index contributed by atoms with van der Waals surface area (Å²) in [7, 11) is 0. The maximum Gasteiger partial charge on any atom is 0.325 e. The summed E-state index contributed by atoms with van der Waals surface area (Å²) in [5.41, 5.74) is 1.54. The van der Waals surface area contributed by atoms with Crippen LogP contribution in [0, 0.1) is 0 Å². The molecule has 1 aromatic carbocycles. The molecule has 6 rings (SSSR count). The van der Waals surface area contributed by atoms with Gasteiger partial charge in [0.2, 0.25) is 0 Å². The third kappa shape index (κ3) is 3.19. The molecule has 0 bridgehead atoms. The van der Waals surface area contributed by atoms with E-state index in [0.717, 1.165) is 39.5 Å². The van der Waals surface area contributed by atoms with Crippen molar-refractivity contribution in [3.05, 3.63) is 81.9 Å². The first-order chi connectivity index (χ1) is 16.6. The molecule has 34 heavy (non-hydrogen) atoms. The van der Waals surface area contributed by atoms with Gasteiger partial charge in [-0.2, -0.15) is 5.10 Å². The third-order valence-corrected chi connectivity index (χ3v) is 7.71. The number of nitrogens with zero attached hydrogens (tertiary/aromatic N) is 3. The van der Waals surface area contributed by atoms with Gasteiger partial charge in [-0.15, -0.1) is 11.3 Å². The molecule has 4 amide bonds. The molecule has 2 atom stereocenters. The largest absolute Gasteiger partial charge is 0.467 e. The number of imide groups is 1. The van der Waals surface area contributed by atoms with Crippen LogP contribution >= 0.6 is 11.3 Å². The molecule has 8 nitrogen and oxygen atoms in total. The second-order valence-electron chi connectivity index (χ2n) is 8.74. The molecule has 9 heteroatoms. The van der Waals surface area contributed by atoms with Crippen molar-refractivity contribution in [1.82, 2.24) is 15.2 Å². The Morgan fingerprint density at radius 1 is 1.18 bits per heavy atom. The van der Waals surface area contributed by atoms with Gasteiger partial charge in [0, 0.05) is 6.42 Å². The van der Waals surface area contributed by atoms with E-state index in [-0.39, 0.29) is 12.5 Å². The fourth-order valence-electron chi connectivity index (χ4n) is 5.20. The van der Waals surface area contributed by atoms with Gasteiger partial charge in [0.25, 0.3) is 11.8 Å². The van der Waals surface area contributed by atoms with Gasteiger partial charge < -0.3 is 9.73 Å². The number of rotatable bonds is 4. The van der Waals surface area contributed by atoms with Gasteiger partial charge in [0.05, 0.1) is 16.9 Å². The number of aryl methyl sites for hydroxylation is 1. The first kappa shape index (κ1) is 20.9. The van der Waals surface area contributed by atoms with Crippen molar-refractivity contribution in [2.24, 2.45) is 5.10 Å². The standard InChI is InChI=1S/C25H22N4O4S/c30-22(29-19(20-9-4-12-33-20)14-18(27-29)21-10-5-13-34-21)15-28-23(31)25(26-24(28)32)11-3-7-16-6-1-2-8-17(16)25/h1-2,4-6,8-10,12-13,19H,3,7,11,14-15H2,(H,26,32)/t19-,25+/m0/s1. The second-order valence-corrected chi connectivity index (χ2v) is 9.68. The zero-order chi connectivity index (χ0) is 23.3. The van der Waals surface area contributed by atoms with Crippen LogP contribution in [0.15, 0.2) is 69.7 Å². The summed E-state index contributed by atoms with van der Waals surface area (Å²) in [5.74, 6) is -0.203. The van der Waals surface area contributed by atoms with Crippen molar-refractivity contribution in [2.75, 3.05) is 6.54 Å². The smallest absolute Gasteiger partial charge is 0.325 e. The monoisotopic (exact) mass is 474 g/mol. The summed E-state index contributed by atoms with van der Waals surface area (Å²) >= 11 is 1.55. The van der Waals surface area contributed by atoms with E-state index in [4.69, 9.17) is 4.42 Å². The predicted octanol–water partition coefficient (Wildman–Crippen LogP) is 3.80. The fourth-order valence-corrected chi connectivity index (χ4v) is 5.92. The van der Waals surface area contributed by atoms with E-state index in [1.807, 2.05) is 41.8 Å². The Balaban J connectivity index is 1.29. The summed E-state index contributed by atoms with van der Waals surface area (Å²) in [5, 5.41) is 10.8. The van der Waals surface area contributed by atoms with Crippen LogP contribution in [0.1, 0.15) is 47.1 Å². The van der Waals surface area contributed by atoms with E-state index in [1.54, 1.807) is 29.7 Å². The van der Waals surface area contributed by atoms with Gasteiger partial charge in [-0.05, 0) is 54.0 Å². The number of urea groups is 1. The van der Waals surface area contributed by atoms with Gasteiger partial charge in [-0.3, -0.25) is 14.5 Å². The Morgan fingerprint density at radius 3 is 2.85 bits per heavy atom. The van der Waals surface area contributed by atoms with Crippen LogP contribution in [0.2, 0.25) is 0 Å². The molecule has 2 aliphatic heterocycles. The van der Waals surface area contributed by atoms with E-state index >= 15 is 0 Å². The zero-order valence-electron chi connectivity index (χ0n) is 18.3. The molecule has 1 spiro atoms. The topological polar surface area (TPSA) is 95.2 Å². The third-order valence-electron chi connectivity index (χ3n) is 6.79. The number of nitrogens with one attached hydrogen (secondary N) is 1. The summed E-state index contributed by atoms with van der Waals surface area (Å²) in [6, 6.07) is 14.2. The maximum atomic E-state index is 13.6. The van der Waals surface area contributed by atoms with Gasteiger partial charge >= 0.3 is 6.03 Å². The molecule has 1 aliphatic carbocycles. The van der Waals surface area contributed by atoms with Crippen LogP contribution in [0.4, 0.5) is 4.79 Å².